The summed E-state index contributed by atoms with van der Waals surface area (Å²) in [5, 5.41) is 12.8. The molecule has 0 fully saturated rings. The van der Waals surface area contributed by atoms with Crippen LogP contribution in [0.5, 0.6) is 0 Å². The highest BCUT2D eigenvalue weighted by atomic mass is 32.2. The highest BCUT2D eigenvalue weighted by Crippen LogP contribution is 2.12. The first-order valence-corrected chi connectivity index (χ1v) is 7.89. The summed E-state index contributed by atoms with van der Waals surface area (Å²) >= 11 is 1.63. The lowest BCUT2D eigenvalue weighted by atomic mass is 10.2. The molecule has 0 amide bonds. The average Bonchev–Trinajstić information content (AvgIpc) is 2.55. The number of aliphatic imine (C=N–C) groups is 1. The fourth-order valence-corrected chi connectivity index (χ4v) is 2.07. The molecule has 1 aromatic heterocycles. The summed E-state index contributed by atoms with van der Waals surface area (Å²) in [4.78, 5) is 17.5. The standard InChI is InChI=1S/C13H16N2S.C5H5NO2/c1-11(2)6-8-16-13(14-3)9-12-5-4-7-15-10-12;1-3-4-5(2)6(7)8/h4-8,10H,1,9H2,2-3H3;1,4H,2H3/b8-6+,14-13?;5-4+. The molecule has 5 nitrogen and oxygen atoms in total. The number of thioether (sulfide) groups is 1. The van der Waals surface area contributed by atoms with Crippen molar-refractivity contribution in [2.45, 2.75) is 20.3 Å². The van der Waals surface area contributed by atoms with E-state index >= 15 is 0 Å². The summed E-state index contributed by atoms with van der Waals surface area (Å²) in [5.74, 6) is 2.05. The molecular weight excluding hydrogens is 322 g/mol. The van der Waals surface area contributed by atoms with Crippen LogP contribution in [-0.4, -0.2) is 22.0 Å². The molecule has 0 aliphatic heterocycles. The number of hydrogen-bond donors (Lipinski definition) is 0. The number of hydrogen-bond acceptors (Lipinski definition) is 5. The van der Waals surface area contributed by atoms with Crippen LogP contribution in [0.3, 0.4) is 0 Å². The molecule has 1 rings (SSSR count). The Morgan fingerprint density at radius 1 is 1.58 bits per heavy atom. The Morgan fingerprint density at radius 2 is 2.29 bits per heavy atom. The lowest BCUT2D eigenvalue weighted by Gasteiger charge is -2.01. The minimum absolute atomic E-state index is 0.00694. The highest BCUT2D eigenvalue weighted by molar-refractivity contribution is 8.16. The first-order valence-electron chi connectivity index (χ1n) is 7.01. The Morgan fingerprint density at radius 3 is 2.71 bits per heavy atom. The molecule has 0 N–H and O–H groups in total. The Kier molecular flexibility index (Phi) is 11.4. The molecule has 0 unspecified atom stereocenters. The van der Waals surface area contributed by atoms with Gasteiger partial charge in [-0.1, -0.05) is 42.0 Å². The van der Waals surface area contributed by atoms with Crippen molar-refractivity contribution < 1.29 is 4.92 Å². The summed E-state index contributed by atoms with van der Waals surface area (Å²) < 4.78 is 0. The van der Waals surface area contributed by atoms with Gasteiger partial charge in [-0.3, -0.25) is 20.1 Å². The van der Waals surface area contributed by atoms with Crippen molar-refractivity contribution in [1.82, 2.24) is 4.98 Å². The van der Waals surface area contributed by atoms with Crippen molar-refractivity contribution in [1.29, 1.82) is 0 Å². The zero-order valence-electron chi connectivity index (χ0n) is 14.1. The molecule has 0 bridgehead atoms. The third kappa shape index (κ3) is 11.0. The van der Waals surface area contributed by atoms with E-state index in [4.69, 9.17) is 6.42 Å². The Hall–Kier alpha value is -2.65. The maximum absolute atomic E-state index is 9.73. The van der Waals surface area contributed by atoms with Crippen LogP contribution in [0.15, 0.2) is 64.9 Å². The van der Waals surface area contributed by atoms with Gasteiger partial charge in [0.15, 0.2) is 0 Å². The number of allylic oxidation sites excluding steroid dienone is 4. The Labute approximate surface area is 147 Å². The summed E-state index contributed by atoms with van der Waals surface area (Å²) in [6.07, 6.45) is 12.3. The summed E-state index contributed by atoms with van der Waals surface area (Å²) in [6.45, 7) is 7.13. The van der Waals surface area contributed by atoms with Crippen LogP contribution >= 0.6 is 11.8 Å². The van der Waals surface area contributed by atoms with Crippen LogP contribution in [0.2, 0.25) is 0 Å². The number of pyridine rings is 1. The first kappa shape index (κ1) is 21.4. The SMILES string of the molecule is C#C/C=C(\C)[N+](=O)[O-].C=C(C)/C=C/SC(Cc1cccnc1)=NC. The lowest BCUT2D eigenvalue weighted by molar-refractivity contribution is -0.424. The van der Waals surface area contributed by atoms with Gasteiger partial charge in [-0.05, 0) is 24.0 Å². The monoisotopic (exact) mass is 343 g/mol. The average molecular weight is 343 g/mol. The molecule has 126 valence electrons. The summed E-state index contributed by atoms with van der Waals surface area (Å²) in [7, 11) is 1.81. The number of terminal acetylenes is 1. The minimum atomic E-state index is -0.528. The van der Waals surface area contributed by atoms with Gasteiger partial charge in [-0.25, -0.2) is 0 Å². The normalized spacial score (nSPS) is 11.4. The van der Waals surface area contributed by atoms with Gasteiger partial charge in [0, 0.05) is 32.8 Å². The van der Waals surface area contributed by atoms with Crippen LogP contribution < -0.4 is 0 Å². The van der Waals surface area contributed by atoms with Gasteiger partial charge in [0.25, 0.3) is 5.70 Å². The van der Waals surface area contributed by atoms with E-state index in [2.05, 4.69) is 22.6 Å². The fraction of sp³-hybridized carbons (Fsp3) is 0.222. The molecule has 0 aliphatic carbocycles. The van der Waals surface area contributed by atoms with Gasteiger partial charge in [0.05, 0.1) is 16.0 Å². The zero-order valence-corrected chi connectivity index (χ0v) is 14.9. The van der Waals surface area contributed by atoms with Gasteiger partial charge < -0.3 is 0 Å². The predicted molar refractivity (Wildman–Crippen MR) is 102 cm³/mol. The van der Waals surface area contributed by atoms with Crippen LogP contribution in [-0.2, 0) is 6.42 Å². The molecule has 0 radical (unpaired) electrons. The summed E-state index contributed by atoms with van der Waals surface area (Å²) in [6, 6.07) is 4.00. The number of nitro groups is 1. The van der Waals surface area contributed by atoms with Crippen molar-refractivity contribution in [3.63, 3.8) is 0 Å². The van der Waals surface area contributed by atoms with Crippen molar-refractivity contribution in [3.8, 4) is 12.3 Å². The molecule has 0 aliphatic rings. The Balaban J connectivity index is 0.000000561. The maximum Gasteiger partial charge on any atom is 0.251 e. The second-order valence-corrected chi connectivity index (χ2v) is 5.61. The third-order valence-electron chi connectivity index (χ3n) is 2.46. The van der Waals surface area contributed by atoms with E-state index in [1.54, 1.807) is 18.0 Å². The van der Waals surface area contributed by atoms with Gasteiger partial charge >= 0.3 is 0 Å². The molecule has 0 saturated heterocycles. The van der Waals surface area contributed by atoms with Gasteiger partial charge in [-0.2, -0.15) is 0 Å². The van der Waals surface area contributed by atoms with E-state index in [0.717, 1.165) is 23.1 Å². The van der Waals surface area contributed by atoms with Gasteiger partial charge in [-0.15, -0.1) is 6.42 Å². The smallest absolute Gasteiger partial charge is 0.251 e. The van der Waals surface area contributed by atoms with E-state index in [1.165, 1.54) is 12.5 Å². The largest absolute Gasteiger partial charge is 0.286 e. The molecule has 0 spiro atoms. The van der Waals surface area contributed by atoms with Crippen LogP contribution in [0.1, 0.15) is 19.4 Å². The maximum atomic E-state index is 9.73. The van der Waals surface area contributed by atoms with E-state index in [1.807, 2.05) is 43.6 Å². The molecule has 0 aromatic carbocycles. The van der Waals surface area contributed by atoms with Crippen LogP contribution in [0.4, 0.5) is 0 Å². The predicted octanol–water partition coefficient (Wildman–Crippen LogP) is 4.28. The topological polar surface area (TPSA) is 68.4 Å². The van der Waals surface area contributed by atoms with Crippen molar-refractivity contribution in [2.24, 2.45) is 4.99 Å². The van der Waals surface area contributed by atoms with E-state index < -0.39 is 4.92 Å². The third-order valence-corrected chi connectivity index (χ3v) is 3.34. The second kappa shape index (κ2) is 12.9. The van der Waals surface area contributed by atoms with Crippen LogP contribution in [0, 0.1) is 22.5 Å². The summed E-state index contributed by atoms with van der Waals surface area (Å²) in [5.41, 5.74) is 2.22. The fourth-order valence-electron chi connectivity index (χ4n) is 1.25. The minimum Gasteiger partial charge on any atom is -0.286 e. The molecule has 1 heterocycles. The molecule has 0 saturated carbocycles. The molecule has 1 aromatic rings. The zero-order chi connectivity index (χ0) is 18.4. The van der Waals surface area contributed by atoms with E-state index in [-0.39, 0.29) is 5.70 Å². The van der Waals surface area contributed by atoms with Crippen molar-refractivity contribution >= 4 is 16.8 Å². The van der Waals surface area contributed by atoms with Crippen LogP contribution in [0.25, 0.3) is 0 Å². The molecule has 6 heteroatoms. The van der Waals surface area contributed by atoms with Gasteiger partial charge in [0.2, 0.25) is 0 Å². The highest BCUT2D eigenvalue weighted by Gasteiger charge is 1.99. The number of nitrogens with zero attached hydrogens (tertiary/aromatic N) is 3. The van der Waals surface area contributed by atoms with Gasteiger partial charge in [0.1, 0.15) is 0 Å². The lowest BCUT2D eigenvalue weighted by Crippen LogP contribution is -1.97. The molecular formula is C18H21N3O2S. The number of aromatic nitrogens is 1. The number of rotatable bonds is 5. The Bertz CT molecular complexity index is 671. The quantitative estimate of drug-likeness (QED) is 0.200. The van der Waals surface area contributed by atoms with E-state index in [0.29, 0.717) is 0 Å². The first-order chi connectivity index (χ1) is 11.4. The molecule has 24 heavy (non-hydrogen) atoms. The van der Waals surface area contributed by atoms with Crippen molar-refractivity contribution in [3.05, 3.63) is 75.6 Å². The second-order valence-electron chi connectivity index (χ2n) is 4.63. The van der Waals surface area contributed by atoms with E-state index in [9.17, 15) is 10.1 Å². The van der Waals surface area contributed by atoms with Crippen molar-refractivity contribution in [2.75, 3.05) is 7.05 Å². The molecule has 0 atom stereocenters.